The molecule has 0 bridgehead atoms. The van der Waals surface area contributed by atoms with E-state index in [1.807, 2.05) is 13.0 Å². The van der Waals surface area contributed by atoms with Crippen molar-refractivity contribution in [2.75, 3.05) is 0 Å². The zero-order valence-corrected chi connectivity index (χ0v) is 15.5. The third-order valence-electron chi connectivity index (χ3n) is 8.63. The Balaban J connectivity index is 1.75. The van der Waals surface area contributed by atoms with Crippen LogP contribution in [-0.2, 0) is 9.59 Å². The van der Waals surface area contributed by atoms with Crippen LogP contribution in [0.2, 0.25) is 0 Å². The molecule has 0 heterocycles. The van der Waals surface area contributed by atoms with Gasteiger partial charge in [-0.3, -0.25) is 9.59 Å². The molecule has 3 saturated carbocycles. The highest BCUT2D eigenvalue weighted by molar-refractivity contribution is 5.91. The molecule has 0 aromatic rings. The van der Waals surface area contributed by atoms with Crippen molar-refractivity contribution >= 4 is 11.6 Å². The van der Waals surface area contributed by atoms with E-state index in [0.29, 0.717) is 25.2 Å². The Bertz CT molecular complexity index is 667. The van der Waals surface area contributed by atoms with Crippen molar-refractivity contribution in [2.24, 2.45) is 28.6 Å². The summed E-state index contributed by atoms with van der Waals surface area (Å²) >= 11 is 0. The van der Waals surface area contributed by atoms with E-state index in [9.17, 15) is 19.8 Å². The summed E-state index contributed by atoms with van der Waals surface area (Å²) in [5.74, 6) is 0.776. The zero-order chi connectivity index (χ0) is 18.2. The summed E-state index contributed by atoms with van der Waals surface area (Å²) in [6, 6.07) is 0. The molecule has 2 N–H and O–H groups in total. The second kappa shape index (κ2) is 5.26. The minimum atomic E-state index is -1.30. The third kappa shape index (κ3) is 2.07. The second-order valence-electron chi connectivity index (χ2n) is 9.53. The van der Waals surface area contributed by atoms with Crippen molar-refractivity contribution in [3.05, 3.63) is 11.6 Å². The second-order valence-corrected chi connectivity index (χ2v) is 9.53. The van der Waals surface area contributed by atoms with Gasteiger partial charge < -0.3 is 10.2 Å². The van der Waals surface area contributed by atoms with E-state index in [0.717, 1.165) is 25.7 Å². The molecule has 4 nitrogen and oxygen atoms in total. The fourth-order valence-electron chi connectivity index (χ4n) is 7.27. The molecule has 4 heteroatoms. The van der Waals surface area contributed by atoms with Crippen LogP contribution in [0, 0.1) is 28.6 Å². The Labute approximate surface area is 149 Å². The molecular formula is C21H30O4. The predicted molar refractivity (Wildman–Crippen MR) is 93.7 cm³/mol. The van der Waals surface area contributed by atoms with Crippen LogP contribution in [-0.4, -0.2) is 33.5 Å². The Morgan fingerprint density at radius 1 is 1.20 bits per heavy atom. The van der Waals surface area contributed by atoms with Crippen molar-refractivity contribution in [3.63, 3.8) is 0 Å². The topological polar surface area (TPSA) is 74.6 Å². The quantitative estimate of drug-likeness (QED) is 0.766. The van der Waals surface area contributed by atoms with Gasteiger partial charge in [0.2, 0.25) is 0 Å². The lowest BCUT2D eigenvalue weighted by atomic mass is 9.45. The fourth-order valence-corrected chi connectivity index (χ4v) is 7.27. The normalized spacial score (nSPS) is 52.0. The standard InChI is InChI=1S/C21H30O4/c1-12(22)21(25)9-7-16-15-5-4-13-10-14(23)6-8-19(13,2)18(15)17(24)11-20(16,21)3/h10,15-18,24-25H,4-9,11H2,1-3H3/t15?,16?,17-,18?,19-,20-,21-/m0/s1. The average molecular weight is 346 g/mol. The van der Waals surface area contributed by atoms with E-state index in [-0.39, 0.29) is 28.8 Å². The van der Waals surface area contributed by atoms with Gasteiger partial charge in [0, 0.05) is 11.8 Å². The lowest BCUT2D eigenvalue weighted by molar-refractivity contribution is -0.179. The van der Waals surface area contributed by atoms with Crippen LogP contribution >= 0.6 is 0 Å². The highest BCUT2D eigenvalue weighted by Gasteiger charge is 2.67. The smallest absolute Gasteiger partial charge is 0.161 e. The summed E-state index contributed by atoms with van der Waals surface area (Å²) in [5.41, 5.74) is -0.744. The number of Topliss-reactive ketones (excluding diaryl/α,β-unsaturated/α-hetero) is 1. The molecule has 0 radical (unpaired) electrons. The van der Waals surface area contributed by atoms with Gasteiger partial charge in [-0.15, -0.1) is 0 Å². The van der Waals surface area contributed by atoms with Crippen LogP contribution in [0.5, 0.6) is 0 Å². The number of fused-ring (bicyclic) bond motifs is 5. The van der Waals surface area contributed by atoms with Gasteiger partial charge in [-0.1, -0.05) is 19.4 Å². The van der Waals surface area contributed by atoms with Gasteiger partial charge in [-0.05, 0) is 74.7 Å². The molecule has 138 valence electrons. The van der Waals surface area contributed by atoms with Crippen LogP contribution in [0.3, 0.4) is 0 Å². The number of rotatable bonds is 1. The first-order chi connectivity index (χ1) is 11.6. The molecule has 25 heavy (non-hydrogen) atoms. The molecule has 4 aliphatic carbocycles. The van der Waals surface area contributed by atoms with Crippen LogP contribution in [0.4, 0.5) is 0 Å². The monoisotopic (exact) mass is 346 g/mol. The molecule has 3 unspecified atom stereocenters. The van der Waals surface area contributed by atoms with E-state index in [1.165, 1.54) is 12.5 Å². The molecule has 7 atom stereocenters. The minimum absolute atomic E-state index is 0.117. The lowest BCUT2D eigenvalue weighted by Crippen LogP contribution is -2.61. The molecule has 4 rings (SSSR count). The minimum Gasteiger partial charge on any atom is -0.393 e. The maximum Gasteiger partial charge on any atom is 0.161 e. The van der Waals surface area contributed by atoms with Gasteiger partial charge in [0.15, 0.2) is 11.6 Å². The number of allylic oxidation sites excluding steroid dienone is 1. The van der Waals surface area contributed by atoms with Crippen LogP contribution < -0.4 is 0 Å². The first-order valence-corrected chi connectivity index (χ1v) is 9.79. The van der Waals surface area contributed by atoms with Gasteiger partial charge in [0.25, 0.3) is 0 Å². The zero-order valence-electron chi connectivity index (χ0n) is 15.5. The molecule has 0 amide bonds. The van der Waals surface area contributed by atoms with Crippen molar-refractivity contribution in [1.29, 1.82) is 0 Å². The van der Waals surface area contributed by atoms with Crippen molar-refractivity contribution in [1.82, 2.24) is 0 Å². The van der Waals surface area contributed by atoms with Crippen LogP contribution in [0.1, 0.15) is 65.7 Å². The molecule has 0 spiro atoms. The summed E-state index contributed by atoms with van der Waals surface area (Å²) in [6.07, 6.45) is 6.38. The van der Waals surface area contributed by atoms with E-state index in [1.54, 1.807) is 0 Å². The first-order valence-electron chi connectivity index (χ1n) is 9.79. The summed E-state index contributed by atoms with van der Waals surface area (Å²) < 4.78 is 0. The van der Waals surface area contributed by atoms with Crippen molar-refractivity contribution < 1.29 is 19.8 Å². The fraction of sp³-hybridized carbons (Fsp3) is 0.810. The summed E-state index contributed by atoms with van der Waals surface area (Å²) in [5, 5.41) is 22.3. The number of aliphatic hydroxyl groups is 2. The van der Waals surface area contributed by atoms with E-state index in [4.69, 9.17) is 0 Å². The maximum atomic E-state index is 12.2. The highest BCUT2D eigenvalue weighted by atomic mass is 16.3. The third-order valence-corrected chi connectivity index (χ3v) is 8.63. The Morgan fingerprint density at radius 3 is 2.60 bits per heavy atom. The van der Waals surface area contributed by atoms with Gasteiger partial charge in [0.05, 0.1) is 6.10 Å². The SMILES string of the molecule is CC(=O)[C@@]1(O)CCC2C3CCC4=CC(=O)CC[C@]4(C)C3[C@@H](O)C[C@@]21C. The van der Waals surface area contributed by atoms with E-state index in [2.05, 4.69) is 6.92 Å². The number of hydrogen-bond acceptors (Lipinski definition) is 4. The molecule has 4 aliphatic rings. The number of hydrogen-bond donors (Lipinski definition) is 2. The average Bonchev–Trinajstić information content (AvgIpc) is 2.80. The van der Waals surface area contributed by atoms with Crippen LogP contribution in [0.15, 0.2) is 11.6 Å². The Hall–Kier alpha value is -1.00. The van der Waals surface area contributed by atoms with Gasteiger partial charge in [0.1, 0.15) is 5.60 Å². The van der Waals surface area contributed by atoms with E-state index >= 15 is 0 Å². The van der Waals surface area contributed by atoms with Gasteiger partial charge >= 0.3 is 0 Å². The van der Waals surface area contributed by atoms with Gasteiger partial charge in [-0.2, -0.15) is 0 Å². The molecule has 0 aromatic heterocycles. The molecule has 3 fully saturated rings. The molecule has 0 aliphatic heterocycles. The lowest BCUT2D eigenvalue weighted by Gasteiger charge is -2.60. The highest BCUT2D eigenvalue weighted by Crippen LogP contribution is 2.67. The maximum absolute atomic E-state index is 12.2. The van der Waals surface area contributed by atoms with Gasteiger partial charge in [-0.25, -0.2) is 0 Å². The predicted octanol–water partition coefficient (Wildman–Crippen LogP) is 2.81. The molecule has 0 aromatic carbocycles. The molecule has 0 saturated heterocycles. The molecular weight excluding hydrogens is 316 g/mol. The number of ketones is 2. The number of aliphatic hydroxyl groups excluding tert-OH is 1. The Morgan fingerprint density at radius 2 is 1.92 bits per heavy atom. The summed E-state index contributed by atoms with van der Waals surface area (Å²) in [7, 11) is 0. The summed E-state index contributed by atoms with van der Waals surface area (Å²) in [4.78, 5) is 24.1. The van der Waals surface area contributed by atoms with E-state index < -0.39 is 17.1 Å². The first kappa shape index (κ1) is 17.4. The summed E-state index contributed by atoms with van der Waals surface area (Å²) in [6.45, 7) is 5.73. The number of carbonyl (C=O) groups excluding carboxylic acids is 2. The number of carbonyl (C=O) groups is 2. The van der Waals surface area contributed by atoms with Crippen molar-refractivity contribution in [3.8, 4) is 0 Å². The largest absolute Gasteiger partial charge is 0.393 e. The van der Waals surface area contributed by atoms with Crippen LogP contribution in [0.25, 0.3) is 0 Å². The van der Waals surface area contributed by atoms with Crippen molar-refractivity contribution in [2.45, 2.75) is 77.4 Å². The Kier molecular flexibility index (Phi) is 3.66.